The molecule has 1 atom stereocenters. The van der Waals surface area contributed by atoms with E-state index in [1.165, 1.54) is 13.0 Å². The van der Waals surface area contributed by atoms with Crippen LogP contribution >= 0.6 is 0 Å². The number of hydrogen-bond donors (Lipinski definition) is 1. The van der Waals surface area contributed by atoms with E-state index in [-0.39, 0.29) is 5.75 Å². The SMILES string of the molecule is CCC(CC)(c1ccc(/C=C/C2(O)C=CCC2)c(C)c1)c1ccc(OS(=O)(=O)C(F)(F)F)c(C)c1. The second-order valence-electron chi connectivity index (χ2n) is 9.09. The number of aliphatic hydroxyl groups is 1. The summed E-state index contributed by atoms with van der Waals surface area (Å²) in [5.74, 6) is -0.345. The van der Waals surface area contributed by atoms with Gasteiger partial charge in [-0.25, -0.2) is 0 Å². The molecule has 0 amide bonds. The smallest absolute Gasteiger partial charge is 0.382 e. The first kappa shape index (κ1) is 27.0. The van der Waals surface area contributed by atoms with E-state index < -0.39 is 26.6 Å². The average Bonchev–Trinajstić information content (AvgIpc) is 3.22. The largest absolute Gasteiger partial charge is 0.534 e. The minimum Gasteiger partial charge on any atom is -0.382 e. The topological polar surface area (TPSA) is 63.6 Å². The number of hydrogen-bond acceptors (Lipinski definition) is 4. The van der Waals surface area contributed by atoms with Gasteiger partial charge in [0.2, 0.25) is 0 Å². The number of alkyl halides is 3. The Bertz CT molecular complexity index is 1240. The molecule has 0 spiro atoms. The van der Waals surface area contributed by atoms with Crippen molar-refractivity contribution in [2.45, 2.75) is 69.9 Å². The fraction of sp³-hybridized carbons (Fsp3) is 0.407. The van der Waals surface area contributed by atoms with Crippen molar-refractivity contribution in [1.29, 1.82) is 0 Å². The lowest BCUT2D eigenvalue weighted by molar-refractivity contribution is -0.0500. The molecular weight excluding hydrogens is 477 g/mol. The first-order valence-electron chi connectivity index (χ1n) is 11.6. The third kappa shape index (κ3) is 5.48. The lowest BCUT2D eigenvalue weighted by Gasteiger charge is -2.34. The maximum Gasteiger partial charge on any atom is 0.534 e. The minimum absolute atomic E-state index is 0.302. The Hall–Kier alpha value is -2.58. The van der Waals surface area contributed by atoms with Crippen molar-refractivity contribution in [2.24, 2.45) is 0 Å². The predicted molar refractivity (Wildman–Crippen MR) is 132 cm³/mol. The van der Waals surface area contributed by atoms with E-state index >= 15 is 0 Å². The third-order valence-corrected chi connectivity index (χ3v) is 7.88. The van der Waals surface area contributed by atoms with Crippen LogP contribution in [0.1, 0.15) is 67.3 Å². The van der Waals surface area contributed by atoms with Gasteiger partial charge in [0.15, 0.2) is 0 Å². The number of rotatable bonds is 8. The fourth-order valence-corrected chi connectivity index (χ4v) is 5.18. The van der Waals surface area contributed by atoms with Gasteiger partial charge in [-0.3, -0.25) is 0 Å². The van der Waals surface area contributed by atoms with Gasteiger partial charge in [0.05, 0.1) is 0 Å². The standard InChI is InChI=1S/C27H31F3O4S/c1-5-26(6-2,23-11-12-24(20(4)18-23)34-35(32,33)27(28,29)30)22-10-9-21(19(3)17-22)13-16-25(31)14-7-8-15-25/h7,9-14,16-18,31H,5-6,8,15H2,1-4H3/b16-13+. The Labute approximate surface area is 205 Å². The number of aryl methyl sites for hydroxylation is 2. The van der Waals surface area contributed by atoms with E-state index in [9.17, 15) is 26.7 Å². The Balaban J connectivity index is 1.96. The number of halogens is 3. The number of benzene rings is 2. The van der Waals surface area contributed by atoms with Crippen LogP contribution in [-0.4, -0.2) is 24.6 Å². The normalized spacial score (nSPS) is 19.0. The summed E-state index contributed by atoms with van der Waals surface area (Å²) in [4.78, 5) is 0. The lowest BCUT2D eigenvalue weighted by atomic mass is 9.70. The van der Waals surface area contributed by atoms with Gasteiger partial charge in [0, 0.05) is 5.41 Å². The molecule has 0 saturated carbocycles. The van der Waals surface area contributed by atoms with Crippen molar-refractivity contribution in [2.75, 3.05) is 0 Å². The molecule has 0 bridgehead atoms. The maximum atomic E-state index is 12.7. The molecule has 1 unspecified atom stereocenters. The van der Waals surface area contributed by atoms with Gasteiger partial charge in [-0.05, 0) is 79.5 Å². The molecule has 0 aliphatic heterocycles. The van der Waals surface area contributed by atoms with Gasteiger partial charge >= 0.3 is 15.6 Å². The predicted octanol–water partition coefficient (Wildman–Crippen LogP) is 6.73. The Morgan fingerprint density at radius 2 is 1.63 bits per heavy atom. The maximum absolute atomic E-state index is 12.7. The van der Waals surface area contributed by atoms with Crippen LogP contribution in [0.2, 0.25) is 0 Å². The molecular formula is C27H31F3O4S. The van der Waals surface area contributed by atoms with E-state index in [1.54, 1.807) is 12.1 Å². The first-order chi connectivity index (χ1) is 16.3. The van der Waals surface area contributed by atoms with Crippen molar-refractivity contribution in [3.05, 3.63) is 82.4 Å². The molecule has 8 heteroatoms. The second kappa shape index (κ2) is 9.82. The van der Waals surface area contributed by atoms with Crippen molar-refractivity contribution in [3.8, 4) is 5.75 Å². The van der Waals surface area contributed by atoms with Gasteiger partial charge in [0.25, 0.3) is 0 Å². The van der Waals surface area contributed by atoms with E-state index in [0.717, 1.165) is 41.5 Å². The molecule has 3 rings (SSSR count). The highest BCUT2D eigenvalue weighted by Crippen LogP contribution is 2.41. The summed E-state index contributed by atoms with van der Waals surface area (Å²) >= 11 is 0. The third-order valence-electron chi connectivity index (χ3n) is 6.91. The molecule has 190 valence electrons. The van der Waals surface area contributed by atoms with Gasteiger partial charge in [-0.1, -0.05) is 62.4 Å². The van der Waals surface area contributed by atoms with E-state index in [2.05, 4.69) is 10.2 Å². The van der Waals surface area contributed by atoms with E-state index in [4.69, 9.17) is 0 Å². The van der Waals surface area contributed by atoms with Crippen molar-refractivity contribution >= 4 is 16.2 Å². The molecule has 2 aromatic carbocycles. The Kier molecular flexibility index (Phi) is 7.58. The highest BCUT2D eigenvalue weighted by atomic mass is 32.2. The molecule has 35 heavy (non-hydrogen) atoms. The summed E-state index contributed by atoms with van der Waals surface area (Å²) in [6.07, 6.45) is 10.5. The van der Waals surface area contributed by atoms with Gasteiger partial charge in [-0.2, -0.15) is 21.6 Å². The van der Waals surface area contributed by atoms with Gasteiger partial charge in [-0.15, -0.1) is 0 Å². The minimum atomic E-state index is -5.74. The van der Waals surface area contributed by atoms with Crippen LogP contribution in [0.5, 0.6) is 5.75 Å². The molecule has 1 aliphatic rings. The summed E-state index contributed by atoms with van der Waals surface area (Å²) in [5.41, 5.74) is -2.60. The van der Waals surface area contributed by atoms with E-state index in [0.29, 0.717) is 12.0 Å². The molecule has 0 aromatic heterocycles. The van der Waals surface area contributed by atoms with Crippen LogP contribution in [0.3, 0.4) is 0 Å². The van der Waals surface area contributed by atoms with Crippen LogP contribution in [0.4, 0.5) is 13.2 Å². The summed E-state index contributed by atoms with van der Waals surface area (Å²) < 4.78 is 65.5. The van der Waals surface area contributed by atoms with Crippen molar-refractivity contribution in [3.63, 3.8) is 0 Å². The van der Waals surface area contributed by atoms with Gasteiger partial charge in [0.1, 0.15) is 11.4 Å². The molecule has 2 aromatic rings. The highest BCUT2D eigenvalue weighted by Gasteiger charge is 2.48. The van der Waals surface area contributed by atoms with Crippen LogP contribution in [0, 0.1) is 13.8 Å². The molecule has 0 heterocycles. The van der Waals surface area contributed by atoms with E-state index in [1.807, 2.05) is 57.2 Å². The number of allylic oxidation sites excluding steroid dienone is 1. The summed E-state index contributed by atoms with van der Waals surface area (Å²) in [6, 6.07) is 10.7. The monoisotopic (exact) mass is 508 g/mol. The summed E-state index contributed by atoms with van der Waals surface area (Å²) in [6.45, 7) is 7.62. The van der Waals surface area contributed by atoms with Gasteiger partial charge < -0.3 is 9.29 Å². The highest BCUT2D eigenvalue weighted by molar-refractivity contribution is 7.88. The zero-order chi connectivity index (χ0) is 26.1. The summed E-state index contributed by atoms with van der Waals surface area (Å²) in [5, 5.41) is 10.5. The molecule has 0 radical (unpaired) electrons. The zero-order valence-electron chi connectivity index (χ0n) is 20.3. The first-order valence-corrected chi connectivity index (χ1v) is 13.0. The molecule has 1 N–H and O–H groups in total. The Morgan fingerprint density at radius 1 is 1.03 bits per heavy atom. The second-order valence-corrected chi connectivity index (χ2v) is 10.6. The summed E-state index contributed by atoms with van der Waals surface area (Å²) in [7, 11) is -5.74. The van der Waals surface area contributed by atoms with Crippen molar-refractivity contribution < 1.29 is 30.9 Å². The van der Waals surface area contributed by atoms with Crippen LogP contribution in [-0.2, 0) is 15.5 Å². The molecule has 4 nitrogen and oxygen atoms in total. The Morgan fingerprint density at radius 3 is 2.11 bits per heavy atom. The van der Waals surface area contributed by atoms with Crippen LogP contribution < -0.4 is 4.18 Å². The molecule has 1 aliphatic carbocycles. The van der Waals surface area contributed by atoms with Crippen LogP contribution in [0.15, 0.2) is 54.6 Å². The van der Waals surface area contributed by atoms with Crippen molar-refractivity contribution in [1.82, 2.24) is 0 Å². The fourth-order valence-electron chi connectivity index (χ4n) is 4.66. The van der Waals surface area contributed by atoms with Crippen LogP contribution in [0.25, 0.3) is 6.08 Å². The average molecular weight is 509 g/mol. The molecule has 0 saturated heterocycles. The molecule has 0 fully saturated rings. The zero-order valence-corrected chi connectivity index (χ0v) is 21.1. The lowest BCUT2D eigenvalue weighted by Crippen LogP contribution is -2.29. The quantitative estimate of drug-likeness (QED) is 0.244.